The molecule has 0 saturated heterocycles. The lowest BCUT2D eigenvalue weighted by Crippen LogP contribution is -2.35. The summed E-state index contributed by atoms with van der Waals surface area (Å²) < 4.78 is 5.93. The highest BCUT2D eigenvalue weighted by Gasteiger charge is 2.11. The molecule has 20 heavy (non-hydrogen) atoms. The number of ether oxygens (including phenoxy) is 1. The van der Waals surface area contributed by atoms with Crippen molar-refractivity contribution in [2.24, 2.45) is 0 Å². The molecule has 1 heterocycles. The van der Waals surface area contributed by atoms with E-state index in [0.29, 0.717) is 0 Å². The summed E-state index contributed by atoms with van der Waals surface area (Å²) >= 11 is 0. The van der Waals surface area contributed by atoms with Gasteiger partial charge in [0.1, 0.15) is 0 Å². The maximum atomic E-state index is 5.93. The molecule has 0 fully saturated rings. The van der Waals surface area contributed by atoms with Crippen LogP contribution in [0.4, 0.5) is 0 Å². The van der Waals surface area contributed by atoms with E-state index in [1.165, 1.54) is 5.56 Å². The van der Waals surface area contributed by atoms with Gasteiger partial charge in [0, 0.05) is 23.8 Å². The Morgan fingerprint density at radius 1 is 1.25 bits per heavy atom. The molecule has 0 aliphatic carbocycles. The first-order chi connectivity index (χ1) is 9.34. The molecule has 114 valence electrons. The summed E-state index contributed by atoms with van der Waals surface area (Å²) in [6, 6.07) is 4.22. The van der Waals surface area contributed by atoms with Crippen LogP contribution >= 0.6 is 0 Å². The predicted octanol–water partition coefficient (Wildman–Crippen LogP) is 4.10. The monoisotopic (exact) mass is 278 g/mol. The van der Waals surface area contributed by atoms with Gasteiger partial charge in [0.25, 0.3) is 0 Å². The minimum absolute atomic E-state index is 0.117. The van der Waals surface area contributed by atoms with Gasteiger partial charge in [-0.25, -0.2) is 4.98 Å². The van der Waals surface area contributed by atoms with Crippen molar-refractivity contribution in [1.29, 1.82) is 0 Å². The zero-order valence-corrected chi connectivity index (χ0v) is 13.9. The summed E-state index contributed by atoms with van der Waals surface area (Å²) in [4.78, 5) is 4.57. The highest BCUT2D eigenvalue weighted by molar-refractivity contribution is 5.25. The van der Waals surface area contributed by atoms with Gasteiger partial charge in [-0.05, 0) is 52.2 Å². The number of hydrogen-bond donors (Lipinski definition) is 1. The van der Waals surface area contributed by atoms with Crippen LogP contribution in [0.15, 0.2) is 12.1 Å². The van der Waals surface area contributed by atoms with E-state index in [2.05, 4.69) is 64.0 Å². The molecule has 0 aromatic carbocycles. The summed E-state index contributed by atoms with van der Waals surface area (Å²) in [5.74, 6) is 0.760. The first-order valence-electron chi connectivity index (χ1n) is 7.75. The van der Waals surface area contributed by atoms with Crippen molar-refractivity contribution in [2.45, 2.75) is 79.0 Å². The van der Waals surface area contributed by atoms with Crippen LogP contribution in [0.5, 0.6) is 5.88 Å². The van der Waals surface area contributed by atoms with Crippen molar-refractivity contribution < 1.29 is 4.74 Å². The second-order valence-corrected chi connectivity index (χ2v) is 6.48. The van der Waals surface area contributed by atoms with Crippen molar-refractivity contribution in [3.63, 3.8) is 0 Å². The highest BCUT2D eigenvalue weighted by Crippen LogP contribution is 2.17. The Bertz CT molecular complexity index is 410. The van der Waals surface area contributed by atoms with Gasteiger partial charge in [-0.2, -0.15) is 0 Å². The fraction of sp³-hybridized carbons (Fsp3) is 0.706. The molecule has 1 unspecified atom stereocenters. The zero-order valence-electron chi connectivity index (χ0n) is 13.9. The summed E-state index contributed by atoms with van der Waals surface area (Å²) in [7, 11) is 0. The van der Waals surface area contributed by atoms with E-state index in [9.17, 15) is 0 Å². The van der Waals surface area contributed by atoms with E-state index < -0.39 is 0 Å². The van der Waals surface area contributed by atoms with Crippen LogP contribution in [0.3, 0.4) is 0 Å². The van der Waals surface area contributed by atoms with Gasteiger partial charge in [0.2, 0.25) is 5.88 Å². The fourth-order valence-corrected chi connectivity index (χ4v) is 2.00. The van der Waals surface area contributed by atoms with E-state index in [1.807, 2.05) is 0 Å². The van der Waals surface area contributed by atoms with Crippen LogP contribution in [0.2, 0.25) is 0 Å². The molecule has 1 N–H and O–H groups in total. The Morgan fingerprint density at radius 3 is 2.50 bits per heavy atom. The summed E-state index contributed by atoms with van der Waals surface area (Å²) in [6.07, 6.45) is 3.35. The summed E-state index contributed by atoms with van der Waals surface area (Å²) in [6.45, 7) is 13.8. The van der Waals surface area contributed by atoms with Crippen LogP contribution in [0.1, 0.15) is 65.6 Å². The van der Waals surface area contributed by atoms with Gasteiger partial charge >= 0.3 is 0 Å². The molecule has 0 spiro atoms. The molecule has 0 aliphatic heterocycles. The van der Waals surface area contributed by atoms with E-state index >= 15 is 0 Å². The van der Waals surface area contributed by atoms with E-state index in [-0.39, 0.29) is 11.6 Å². The Hall–Kier alpha value is -1.09. The molecule has 0 saturated carbocycles. The van der Waals surface area contributed by atoms with Crippen molar-refractivity contribution in [1.82, 2.24) is 10.3 Å². The first-order valence-corrected chi connectivity index (χ1v) is 7.75. The molecule has 1 atom stereocenters. The minimum atomic E-state index is 0.117. The smallest absolute Gasteiger partial charge is 0.214 e. The molecule has 1 rings (SSSR count). The van der Waals surface area contributed by atoms with Crippen molar-refractivity contribution in [2.75, 3.05) is 0 Å². The van der Waals surface area contributed by atoms with Gasteiger partial charge in [-0.3, -0.25) is 0 Å². The third-order valence-electron chi connectivity index (χ3n) is 3.12. The Balaban J connectivity index is 2.79. The van der Waals surface area contributed by atoms with Crippen molar-refractivity contribution in [3.8, 4) is 5.88 Å². The quantitative estimate of drug-likeness (QED) is 0.815. The lowest BCUT2D eigenvalue weighted by Gasteiger charge is -2.21. The first kappa shape index (κ1) is 17.0. The molecular formula is C17H30N2O. The van der Waals surface area contributed by atoms with E-state index in [4.69, 9.17) is 4.74 Å². The van der Waals surface area contributed by atoms with Crippen molar-refractivity contribution in [3.05, 3.63) is 23.4 Å². The summed E-state index contributed by atoms with van der Waals surface area (Å²) in [5.41, 5.74) is 2.45. The van der Waals surface area contributed by atoms with Gasteiger partial charge in [-0.1, -0.05) is 20.3 Å². The van der Waals surface area contributed by atoms with Crippen LogP contribution in [-0.2, 0) is 13.0 Å². The lowest BCUT2D eigenvalue weighted by atomic mass is 10.1. The number of nitrogens with zero attached hydrogens (tertiary/aromatic N) is 1. The lowest BCUT2D eigenvalue weighted by molar-refractivity contribution is 0.200. The number of pyridine rings is 1. The Labute approximate surface area is 124 Å². The molecule has 1 aromatic rings. The third kappa shape index (κ3) is 6.38. The largest absolute Gasteiger partial charge is 0.475 e. The van der Waals surface area contributed by atoms with E-state index in [0.717, 1.165) is 37.4 Å². The zero-order chi connectivity index (χ0) is 15.2. The number of aryl methyl sites for hydroxylation is 1. The van der Waals surface area contributed by atoms with Gasteiger partial charge in [0.15, 0.2) is 0 Å². The van der Waals surface area contributed by atoms with Crippen LogP contribution in [0, 0.1) is 0 Å². The Kier molecular flexibility index (Phi) is 6.47. The number of hydrogen-bond acceptors (Lipinski definition) is 3. The fourth-order valence-electron chi connectivity index (χ4n) is 2.00. The molecule has 3 nitrogen and oxygen atoms in total. The average Bonchev–Trinajstić information content (AvgIpc) is 2.35. The standard InChI is InChI=1S/C17H30N2O/c1-7-9-13(3)20-16-11-14(10-15(8-2)19-16)12-18-17(4,5)6/h10-11,13,18H,7-9,12H2,1-6H3. The van der Waals surface area contributed by atoms with Crippen molar-refractivity contribution >= 4 is 0 Å². The van der Waals surface area contributed by atoms with Crippen LogP contribution in [0.25, 0.3) is 0 Å². The van der Waals surface area contributed by atoms with Gasteiger partial charge in [-0.15, -0.1) is 0 Å². The second-order valence-electron chi connectivity index (χ2n) is 6.48. The van der Waals surface area contributed by atoms with Crippen LogP contribution in [-0.4, -0.2) is 16.6 Å². The number of nitrogens with one attached hydrogen (secondary N) is 1. The molecule has 3 heteroatoms. The predicted molar refractivity (Wildman–Crippen MR) is 85.2 cm³/mol. The Morgan fingerprint density at radius 2 is 1.95 bits per heavy atom. The average molecular weight is 278 g/mol. The molecule has 0 radical (unpaired) electrons. The SMILES string of the molecule is CCCC(C)Oc1cc(CNC(C)(C)C)cc(CC)n1. The number of aromatic nitrogens is 1. The molecule has 1 aromatic heterocycles. The molecule has 0 bridgehead atoms. The minimum Gasteiger partial charge on any atom is -0.475 e. The van der Waals surface area contributed by atoms with Crippen LogP contribution < -0.4 is 10.1 Å². The third-order valence-corrected chi connectivity index (χ3v) is 3.12. The molecule has 0 aliphatic rings. The van der Waals surface area contributed by atoms with E-state index in [1.54, 1.807) is 0 Å². The highest BCUT2D eigenvalue weighted by atomic mass is 16.5. The number of rotatable bonds is 7. The molecule has 0 amide bonds. The van der Waals surface area contributed by atoms with Gasteiger partial charge in [0.05, 0.1) is 6.10 Å². The summed E-state index contributed by atoms with van der Waals surface area (Å²) in [5, 5.41) is 3.51. The maximum absolute atomic E-state index is 5.93. The maximum Gasteiger partial charge on any atom is 0.214 e. The molecular weight excluding hydrogens is 248 g/mol. The van der Waals surface area contributed by atoms with Gasteiger partial charge < -0.3 is 10.1 Å². The second kappa shape index (κ2) is 7.63. The topological polar surface area (TPSA) is 34.1 Å². The normalized spacial score (nSPS) is 13.3.